The van der Waals surface area contributed by atoms with E-state index < -0.39 is 10.0 Å². The lowest BCUT2D eigenvalue weighted by Gasteiger charge is -2.27. The van der Waals surface area contributed by atoms with Crippen LogP contribution in [0.2, 0.25) is 5.02 Å². The van der Waals surface area contributed by atoms with E-state index >= 15 is 0 Å². The Morgan fingerprint density at radius 2 is 2.19 bits per heavy atom. The summed E-state index contributed by atoms with van der Waals surface area (Å²) in [6.45, 7) is 4.55. The molecule has 0 spiro atoms. The maximum absolute atomic E-state index is 12.7. The maximum atomic E-state index is 12.7. The number of hydrogen-bond acceptors (Lipinski definition) is 4. The average molecular weight is 332 g/mol. The fourth-order valence-corrected chi connectivity index (χ4v) is 4.40. The van der Waals surface area contributed by atoms with E-state index in [1.165, 1.54) is 16.4 Å². The van der Waals surface area contributed by atoms with Gasteiger partial charge in [-0.05, 0) is 44.1 Å². The molecule has 1 atom stereocenters. The van der Waals surface area contributed by atoms with E-state index in [0.29, 0.717) is 11.6 Å². The molecule has 1 aromatic rings. The van der Waals surface area contributed by atoms with Gasteiger partial charge in [0, 0.05) is 24.7 Å². The van der Waals surface area contributed by atoms with E-state index in [0.717, 1.165) is 25.9 Å². The smallest absolute Gasteiger partial charge is 0.244 e. The zero-order chi connectivity index (χ0) is 15.6. The summed E-state index contributed by atoms with van der Waals surface area (Å²) in [7, 11) is -2.02. The van der Waals surface area contributed by atoms with Crippen LogP contribution in [-0.4, -0.2) is 50.3 Å². The lowest BCUT2D eigenvalue weighted by Crippen LogP contribution is -2.41. The minimum Gasteiger partial charge on any atom is -0.398 e. The largest absolute Gasteiger partial charge is 0.398 e. The molecule has 0 radical (unpaired) electrons. The maximum Gasteiger partial charge on any atom is 0.244 e. The van der Waals surface area contributed by atoms with Crippen LogP contribution in [0.15, 0.2) is 23.1 Å². The SMILES string of the molecule is CCN1CCCC1CN(C)S(=O)(=O)c1cc(Cl)ccc1N. The first-order chi connectivity index (χ1) is 9.86. The molecule has 2 N–H and O–H groups in total. The summed E-state index contributed by atoms with van der Waals surface area (Å²) in [5, 5.41) is 0.368. The molecular weight excluding hydrogens is 310 g/mol. The Hall–Kier alpha value is -0.820. The van der Waals surface area contributed by atoms with E-state index in [4.69, 9.17) is 17.3 Å². The number of likely N-dealkylation sites (N-methyl/N-ethyl adjacent to an activating group) is 2. The molecule has 5 nitrogen and oxygen atoms in total. The summed E-state index contributed by atoms with van der Waals surface area (Å²) in [5.74, 6) is 0. The molecule has 1 aliphatic rings. The quantitative estimate of drug-likeness (QED) is 0.838. The van der Waals surface area contributed by atoms with Gasteiger partial charge in [-0.25, -0.2) is 8.42 Å². The molecule has 0 amide bonds. The van der Waals surface area contributed by atoms with Crippen LogP contribution in [-0.2, 0) is 10.0 Å². The van der Waals surface area contributed by atoms with Crippen molar-refractivity contribution in [3.05, 3.63) is 23.2 Å². The molecule has 1 saturated heterocycles. The molecule has 2 rings (SSSR count). The molecule has 7 heteroatoms. The summed E-state index contributed by atoms with van der Waals surface area (Å²) < 4.78 is 26.7. The van der Waals surface area contributed by atoms with E-state index in [9.17, 15) is 8.42 Å². The minimum atomic E-state index is -3.61. The molecule has 1 unspecified atom stereocenters. The summed E-state index contributed by atoms with van der Waals surface area (Å²) >= 11 is 5.90. The highest BCUT2D eigenvalue weighted by atomic mass is 35.5. The third-order valence-corrected chi connectivity index (χ3v) is 6.15. The van der Waals surface area contributed by atoms with E-state index in [2.05, 4.69) is 11.8 Å². The fraction of sp³-hybridized carbons (Fsp3) is 0.571. The molecule has 1 aliphatic heterocycles. The number of benzene rings is 1. The lowest BCUT2D eigenvalue weighted by atomic mass is 10.2. The molecule has 118 valence electrons. The molecule has 1 heterocycles. The van der Waals surface area contributed by atoms with Crippen molar-refractivity contribution in [1.82, 2.24) is 9.21 Å². The van der Waals surface area contributed by atoms with E-state index in [1.54, 1.807) is 13.1 Å². The highest BCUT2D eigenvalue weighted by molar-refractivity contribution is 7.89. The first-order valence-electron chi connectivity index (χ1n) is 7.11. The number of halogens is 1. The summed E-state index contributed by atoms with van der Waals surface area (Å²) in [5.41, 5.74) is 6.03. The van der Waals surface area contributed by atoms with Crippen LogP contribution in [0.3, 0.4) is 0 Å². The van der Waals surface area contributed by atoms with Gasteiger partial charge in [0.05, 0.1) is 5.69 Å². The van der Waals surface area contributed by atoms with Crippen molar-refractivity contribution in [2.75, 3.05) is 32.4 Å². The lowest BCUT2D eigenvalue weighted by molar-refractivity contribution is 0.238. The van der Waals surface area contributed by atoms with Crippen LogP contribution < -0.4 is 5.73 Å². The van der Waals surface area contributed by atoms with Gasteiger partial charge in [-0.1, -0.05) is 18.5 Å². The van der Waals surface area contributed by atoms with Crippen LogP contribution in [0.25, 0.3) is 0 Å². The Kier molecular flexibility index (Phi) is 5.14. The zero-order valence-electron chi connectivity index (χ0n) is 12.4. The average Bonchev–Trinajstić information content (AvgIpc) is 2.88. The van der Waals surface area contributed by atoms with Gasteiger partial charge in [-0.2, -0.15) is 4.31 Å². The van der Waals surface area contributed by atoms with Crippen molar-refractivity contribution in [3.63, 3.8) is 0 Å². The molecular formula is C14H22ClN3O2S. The number of nitrogens with zero attached hydrogens (tertiary/aromatic N) is 2. The van der Waals surface area contributed by atoms with Crippen molar-refractivity contribution in [2.45, 2.75) is 30.7 Å². The van der Waals surface area contributed by atoms with Crippen LogP contribution in [0.1, 0.15) is 19.8 Å². The monoisotopic (exact) mass is 331 g/mol. The van der Waals surface area contributed by atoms with Crippen molar-refractivity contribution >= 4 is 27.3 Å². The molecule has 0 bridgehead atoms. The number of sulfonamides is 1. The van der Waals surface area contributed by atoms with Crippen molar-refractivity contribution in [2.24, 2.45) is 0 Å². The molecule has 21 heavy (non-hydrogen) atoms. The molecule has 1 fully saturated rings. The van der Waals surface area contributed by atoms with Crippen LogP contribution in [0.5, 0.6) is 0 Å². The second-order valence-electron chi connectivity index (χ2n) is 5.39. The van der Waals surface area contributed by atoms with Gasteiger partial charge in [0.15, 0.2) is 0 Å². The topological polar surface area (TPSA) is 66.6 Å². The number of likely N-dealkylation sites (tertiary alicyclic amines) is 1. The number of hydrogen-bond donors (Lipinski definition) is 1. The Morgan fingerprint density at radius 3 is 2.86 bits per heavy atom. The number of nitrogen functional groups attached to an aromatic ring is 1. The Labute approximate surface area is 131 Å². The highest BCUT2D eigenvalue weighted by Gasteiger charge is 2.30. The molecule has 0 aromatic heterocycles. The normalized spacial score (nSPS) is 20.3. The van der Waals surface area contributed by atoms with Crippen LogP contribution in [0, 0.1) is 0 Å². The van der Waals surface area contributed by atoms with Gasteiger partial charge in [-0.15, -0.1) is 0 Å². The Balaban J connectivity index is 2.20. The van der Waals surface area contributed by atoms with E-state index in [-0.39, 0.29) is 16.6 Å². The Bertz CT molecular complexity index is 606. The van der Waals surface area contributed by atoms with Crippen LogP contribution >= 0.6 is 11.6 Å². The second-order valence-corrected chi connectivity index (χ2v) is 7.84. The predicted molar refractivity (Wildman–Crippen MR) is 85.9 cm³/mol. The number of nitrogens with two attached hydrogens (primary N) is 1. The standard InChI is InChI=1S/C14H22ClN3O2S/c1-3-18-8-4-5-12(18)10-17(2)21(19,20)14-9-11(15)6-7-13(14)16/h6-7,9,12H,3-5,8,10,16H2,1-2H3. The van der Waals surface area contributed by atoms with Crippen molar-refractivity contribution in [3.8, 4) is 0 Å². The van der Waals surface area contributed by atoms with Gasteiger partial charge < -0.3 is 5.73 Å². The summed E-state index contributed by atoms with van der Waals surface area (Å²) in [6, 6.07) is 4.80. The fourth-order valence-electron chi connectivity index (χ4n) is 2.81. The van der Waals surface area contributed by atoms with Gasteiger partial charge in [0.1, 0.15) is 4.90 Å². The third kappa shape index (κ3) is 3.51. The van der Waals surface area contributed by atoms with Crippen molar-refractivity contribution in [1.29, 1.82) is 0 Å². The van der Waals surface area contributed by atoms with Gasteiger partial charge in [0.2, 0.25) is 10.0 Å². The Morgan fingerprint density at radius 1 is 1.48 bits per heavy atom. The molecule has 0 aliphatic carbocycles. The first kappa shape index (κ1) is 16.5. The molecule has 1 aromatic carbocycles. The highest BCUT2D eigenvalue weighted by Crippen LogP contribution is 2.26. The van der Waals surface area contributed by atoms with Gasteiger partial charge in [-0.3, -0.25) is 4.90 Å². The predicted octanol–water partition coefficient (Wildman–Crippen LogP) is 2.03. The molecule has 0 saturated carbocycles. The van der Waals surface area contributed by atoms with Crippen LogP contribution in [0.4, 0.5) is 5.69 Å². The number of anilines is 1. The third-order valence-electron chi connectivity index (χ3n) is 4.04. The van der Waals surface area contributed by atoms with Crippen molar-refractivity contribution < 1.29 is 8.42 Å². The van der Waals surface area contributed by atoms with Gasteiger partial charge >= 0.3 is 0 Å². The van der Waals surface area contributed by atoms with E-state index in [1.807, 2.05) is 0 Å². The summed E-state index contributed by atoms with van der Waals surface area (Å²) in [6.07, 6.45) is 2.14. The first-order valence-corrected chi connectivity index (χ1v) is 8.93. The van der Waals surface area contributed by atoms with Gasteiger partial charge in [0.25, 0.3) is 0 Å². The number of rotatable bonds is 5. The zero-order valence-corrected chi connectivity index (χ0v) is 14.0. The second kappa shape index (κ2) is 6.52. The summed E-state index contributed by atoms with van der Waals surface area (Å²) in [4.78, 5) is 2.39. The minimum absolute atomic E-state index is 0.0820.